The average Bonchev–Trinajstić information content (AvgIpc) is 2.13. The largest absolute Gasteiger partial charge is 0.389 e. The molecule has 1 aliphatic heterocycles. The molecule has 14 heavy (non-hydrogen) atoms. The second-order valence-electron chi connectivity index (χ2n) is 4.77. The van der Waals surface area contributed by atoms with E-state index in [-0.39, 0.29) is 0 Å². The van der Waals surface area contributed by atoms with Gasteiger partial charge in [0.15, 0.2) is 0 Å². The number of nitrogens with one attached hydrogen (secondary N) is 1. The van der Waals surface area contributed by atoms with E-state index in [1.165, 1.54) is 19.3 Å². The molecule has 2 N–H and O–H groups in total. The van der Waals surface area contributed by atoms with Crippen LogP contribution in [0.5, 0.6) is 0 Å². The molecule has 1 fully saturated rings. The Bertz CT molecular complexity index is 148. The van der Waals surface area contributed by atoms with Crippen LogP contribution < -0.4 is 5.32 Å². The fraction of sp³-hybridized carbons (Fsp3) is 1.00. The second kappa shape index (κ2) is 5.69. The highest BCUT2D eigenvalue weighted by atomic mass is 16.5. The monoisotopic (exact) mass is 201 g/mol. The van der Waals surface area contributed by atoms with Crippen LogP contribution in [0.1, 0.15) is 39.5 Å². The first-order valence-corrected chi connectivity index (χ1v) is 5.63. The van der Waals surface area contributed by atoms with E-state index < -0.39 is 5.60 Å². The number of aliphatic hydroxyl groups is 1. The van der Waals surface area contributed by atoms with Crippen molar-refractivity contribution in [1.29, 1.82) is 0 Å². The van der Waals surface area contributed by atoms with E-state index in [9.17, 15) is 5.11 Å². The van der Waals surface area contributed by atoms with E-state index >= 15 is 0 Å². The van der Waals surface area contributed by atoms with Gasteiger partial charge in [-0.15, -0.1) is 0 Å². The molecule has 0 spiro atoms. The maximum Gasteiger partial charge on any atom is 0.0715 e. The molecule has 0 aliphatic carbocycles. The summed E-state index contributed by atoms with van der Waals surface area (Å²) < 4.78 is 5.61. The van der Waals surface area contributed by atoms with Crippen molar-refractivity contribution >= 4 is 0 Å². The summed E-state index contributed by atoms with van der Waals surface area (Å²) in [7, 11) is 0. The van der Waals surface area contributed by atoms with Crippen molar-refractivity contribution in [1.82, 2.24) is 5.32 Å². The Labute approximate surface area is 86.8 Å². The van der Waals surface area contributed by atoms with Gasteiger partial charge in [0.2, 0.25) is 0 Å². The third kappa shape index (κ3) is 5.58. The smallest absolute Gasteiger partial charge is 0.0715 e. The van der Waals surface area contributed by atoms with Crippen molar-refractivity contribution < 1.29 is 9.84 Å². The van der Waals surface area contributed by atoms with Gasteiger partial charge in [-0.1, -0.05) is 0 Å². The zero-order chi connectivity index (χ0) is 10.4. The molecule has 0 amide bonds. The lowest BCUT2D eigenvalue weighted by Crippen LogP contribution is -2.36. The summed E-state index contributed by atoms with van der Waals surface area (Å²) in [4.78, 5) is 0. The van der Waals surface area contributed by atoms with Gasteiger partial charge in [-0.2, -0.15) is 0 Å². The molecule has 1 atom stereocenters. The highest BCUT2D eigenvalue weighted by Crippen LogP contribution is 2.14. The fourth-order valence-corrected chi connectivity index (χ4v) is 1.69. The fourth-order valence-electron chi connectivity index (χ4n) is 1.69. The highest BCUT2D eigenvalue weighted by molar-refractivity contribution is 4.70. The first kappa shape index (κ1) is 12.0. The van der Waals surface area contributed by atoms with E-state index in [1.807, 2.05) is 13.8 Å². The van der Waals surface area contributed by atoms with E-state index in [2.05, 4.69) is 5.32 Å². The molecule has 1 heterocycles. The molecule has 1 rings (SSSR count). The molecule has 0 saturated carbocycles. The molecule has 1 aliphatic rings. The molecule has 0 bridgehead atoms. The molecule has 84 valence electrons. The second-order valence-corrected chi connectivity index (χ2v) is 4.77. The van der Waals surface area contributed by atoms with Gasteiger partial charge >= 0.3 is 0 Å². The molecule has 0 aromatic carbocycles. The molecule has 1 unspecified atom stereocenters. The molecule has 0 radical (unpaired) electrons. The lowest BCUT2D eigenvalue weighted by atomic mass is 10.1. The van der Waals surface area contributed by atoms with Gasteiger partial charge in [0, 0.05) is 13.2 Å². The summed E-state index contributed by atoms with van der Waals surface area (Å²) in [5.41, 5.74) is -0.604. The predicted octanol–water partition coefficient (Wildman–Crippen LogP) is 1.31. The maximum atomic E-state index is 9.46. The van der Waals surface area contributed by atoms with Crippen LogP contribution >= 0.6 is 0 Å². The standard InChI is InChI=1S/C11H23NO2/c1-11(2,13)9-12-7-6-10-5-3-4-8-14-10/h10,12-13H,3-9H2,1-2H3. The van der Waals surface area contributed by atoms with Crippen molar-refractivity contribution in [2.24, 2.45) is 0 Å². The summed E-state index contributed by atoms with van der Waals surface area (Å²) in [6.45, 7) is 6.15. The molecular weight excluding hydrogens is 178 g/mol. The van der Waals surface area contributed by atoms with Gasteiger partial charge in [0.1, 0.15) is 0 Å². The quantitative estimate of drug-likeness (QED) is 0.659. The highest BCUT2D eigenvalue weighted by Gasteiger charge is 2.14. The van der Waals surface area contributed by atoms with Gasteiger partial charge in [0.25, 0.3) is 0 Å². The van der Waals surface area contributed by atoms with Crippen LogP contribution in [0.4, 0.5) is 0 Å². The van der Waals surface area contributed by atoms with Crippen LogP contribution in [0.25, 0.3) is 0 Å². The molecule has 3 nitrogen and oxygen atoms in total. The van der Waals surface area contributed by atoms with Crippen LogP contribution in [0, 0.1) is 0 Å². The number of ether oxygens (including phenoxy) is 1. The zero-order valence-corrected chi connectivity index (χ0v) is 9.38. The Morgan fingerprint density at radius 3 is 2.79 bits per heavy atom. The topological polar surface area (TPSA) is 41.5 Å². The van der Waals surface area contributed by atoms with Crippen molar-refractivity contribution in [3.8, 4) is 0 Å². The Morgan fingerprint density at radius 1 is 1.43 bits per heavy atom. The van der Waals surface area contributed by atoms with Gasteiger partial charge < -0.3 is 15.2 Å². The summed E-state index contributed by atoms with van der Waals surface area (Å²) in [5, 5.41) is 12.7. The van der Waals surface area contributed by atoms with Crippen molar-refractivity contribution in [3.63, 3.8) is 0 Å². The maximum absolute atomic E-state index is 9.46. The lowest BCUT2D eigenvalue weighted by Gasteiger charge is -2.23. The molecular formula is C11H23NO2. The SMILES string of the molecule is CC(C)(O)CNCCC1CCCCO1. The Hall–Kier alpha value is -0.120. The van der Waals surface area contributed by atoms with E-state index in [1.54, 1.807) is 0 Å². The van der Waals surface area contributed by atoms with Crippen LogP contribution in [-0.2, 0) is 4.74 Å². The van der Waals surface area contributed by atoms with Crippen LogP contribution in [0.3, 0.4) is 0 Å². The molecule has 0 aromatic heterocycles. The Kier molecular flexibility index (Phi) is 4.85. The number of hydrogen-bond donors (Lipinski definition) is 2. The third-order valence-corrected chi connectivity index (χ3v) is 2.47. The van der Waals surface area contributed by atoms with Crippen LogP contribution in [-0.4, -0.2) is 36.5 Å². The molecule has 3 heteroatoms. The van der Waals surface area contributed by atoms with Crippen LogP contribution in [0.2, 0.25) is 0 Å². The summed E-state index contributed by atoms with van der Waals surface area (Å²) in [6, 6.07) is 0. The van der Waals surface area contributed by atoms with E-state index in [0.29, 0.717) is 12.6 Å². The predicted molar refractivity (Wildman–Crippen MR) is 57.4 cm³/mol. The lowest BCUT2D eigenvalue weighted by molar-refractivity contribution is 0.0101. The first-order valence-electron chi connectivity index (χ1n) is 5.63. The van der Waals surface area contributed by atoms with Crippen LogP contribution in [0.15, 0.2) is 0 Å². The Balaban J connectivity index is 1.97. The molecule has 1 saturated heterocycles. The number of rotatable bonds is 5. The summed E-state index contributed by atoms with van der Waals surface area (Å²) >= 11 is 0. The number of hydrogen-bond acceptors (Lipinski definition) is 3. The summed E-state index contributed by atoms with van der Waals surface area (Å²) in [5.74, 6) is 0. The normalized spacial score (nSPS) is 23.8. The van der Waals surface area contributed by atoms with Gasteiger partial charge in [0.05, 0.1) is 11.7 Å². The first-order chi connectivity index (χ1) is 6.58. The van der Waals surface area contributed by atoms with E-state index in [0.717, 1.165) is 19.6 Å². The summed E-state index contributed by atoms with van der Waals surface area (Å²) in [6.07, 6.45) is 5.22. The van der Waals surface area contributed by atoms with Crippen molar-refractivity contribution in [2.75, 3.05) is 19.7 Å². The Morgan fingerprint density at radius 2 is 2.21 bits per heavy atom. The van der Waals surface area contributed by atoms with Gasteiger partial charge in [-0.05, 0) is 46.1 Å². The minimum Gasteiger partial charge on any atom is -0.389 e. The van der Waals surface area contributed by atoms with Gasteiger partial charge in [-0.3, -0.25) is 0 Å². The zero-order valence-electron chi connectivity index (χ0n) is 9.38. The minimum absolute atomic E-state index is 0.443. The average molecular weight is 201 g/mol. The van der Waals surface area contributed by atoms with Crippen molar-refractivity contribution in [2.45, 2.75) is 51.2 Å². The third-order valence-electron chi connectivity index (χ3n) is 2.47. The minimum atomic E-state index is -0.604. The van der Waals surface area contributed by atoms with E-state index in [4.69, 9.17) is 4.74 Å². The van der Waals surface area contributed by atoms with Gasteiger partial charge in [-0.25, -0.2) is 0 Å². The molecule has 0 aromatic rings. The van der Waals surface area contributed by atoms with Crippen molar-refractivity contribution in [3.05, 3.63) is 0 Å².